The zero-order chi connectivity index (χ0) is 14.8. The third-order valence-corrected chi connectivity index (χ3v) is 4.06. The van der Waals surface area contributed by atoms with Gasteiger partial charge in [-0.05, 0) is 54.3 Å². The number of anilines is 1. The van der Waals surface area contributed by atoms with Crippen LogP contribution >= 0.6 is 15.9 Å². The molecule has 110 valence electrons. The summed E-state index contributed by atoms with van der Waals surface area (Å²) in [6.07, 6.45) is 2.71. The van der Waals surface area contributed by atoms with Crippen molar-refractivity contribution in [2.75, 3.05) is 5.73 Å². The number of benzene rings is 2. The third kappa shape index (κ3) is 3.37. The predicted molar refractivity (Wildman–Crippen MR) is 87.8 cm³/mol. The summed E-state index contributed by atoms with van der Waals surface area (Å²) in [4.78, 5) is 0. The first-order chi connectivity index (χ1) is 10.2. The quantitative estimate of drug-likeness (QED) is 0.441. The molecule has 0 spiro atoms. The van der Waals surface area contributed by atoms with Gasteiger partial charge in [-0.1, -0.05) is 28.1 Å². The van der Waals surface area contributed by atoms with Crippen LogP contribution < -0.4 is 21.7 Å². The van der Waals surface area contributed by atoms with Gasteiger partial charge in [0, 0.05) is 10.2 Å². The highest BCUT2D eigenvalue weighted by molar-refractivity contribution is 9.10. The minimum absolute atomic E-state index is 0.155. The van der Waals surface area contributed by atoms with Gasteiger partial charge < -0.3 is 10.5 Å². The monoisotopic (exact) mass is 347 g/mol. The summed E-state index contributed by atoms with van der Waals surface area (Å²) in [6.45, 7) is 0. The summed E-state index contributed by atoms with van der Waals surface area (Å²) in [5.74, 6) is 6.63. The molecule has 0 amide bonds. The molecular weight excluding hydrogens is 330 g/mol. The molecule has 1 aliphatic rings. The maximum atomic E-state index is 6.07. The number of halogens is 1. The van der Waals surface area contributed by atoms with E-state index < -0.39 is 0 Å². The fourth-order valence-electron chi connectivity index (χ4n) is 2.28. The number of hydrogen-bond acceptors (Lipinski definition) is 4. The van der Waals surface area contributed by atoms with E-state index in [0.717, 1.165) is 34.2 Å². The van der Waals surface area contributed by atoms with Crippen molar-refractivity contribution < 1.29 is 4.74 Å². The molecule has 4 nitrogen and oxygen atoms in total. The zero-order valence-electron chi connectivity index (χ0n) is 11.6. The predicted octanol–water partition coefficient (Wildman–Crippen LogP) is 3.13. The highest BCUT2D eigenvalue weighted by Gasteiger charge is 2.23. The maximum Gasteiger partial charge on any atom is 0.119 e. The van der Waals surface area contributed by atoms with Crippen molar-refractivity contribution in [3.05, 3.63) is 58.1 Å². The molecule has 1 fully saturated rings. The molecule has 0 radical (unpaired) electrons. The van der Waals surface area contributed by atoms with Gasteiger partial charge in [0.15, 0.2) is 0 Å². The van der Waals surface area contributed by atoms with Gasteiger partial charge in [0.2, 0.25) is 0 Å². The van der Waals surface area contributed by atoms with E-state index in [1.807, 2.05) is 42.5 Å². The summed E-state index contributed by atoms with van der Waals surface area (Å²) in [5.41, 5.74) is 11.6. The summed E-state index contributed by atoms with van der Waals surface area (Å²) in [5, 5.41) is 0. The van der Waals surface area contributed by atoms with E-state index >= 15 is 0 Å². The Morgan fingerprint density at radius 1 is 1.14 bits per heavy atom. The van der Waals surface area contributed by atoms with Crippen LogP contribution in [0.1, 0.15) is 30.0 Å². The number of hydrogen-bond donors (Lipinski definition) is 3. The van der Waals surface area contributed by atoms with Crippen molar-refractivity contribution in [3.8, 4) is 5.75 Å². The fraction of sp³-hybridized carbons (Fsp3) is 0.250. The second kappa shape index (κ2) is 6.05. The number of hydrazine groups is 1. The highest BCUT2D eigenvalue weighted by Crippen LogP contribution is 2.31. The number of nitrogen functional groups attached to an aromatic ring is 1. The Bertz CT molecular complexity index is 626. The zero-order valence-corrected chi connectivity index (χ0v) is 13.1. The van der Waals surface area contributed by atoms with Crippen molar-refractivity contribution in [3.63, 3.8) is 0 Å². The van der Waals surface area contributed by atoms with Crippen LogP contribution in [0.5, 0.6) is 5.75 Å². The van der Waals surface area contributed by atoms with Crippen molar-refractivity contribution in [2.45, 2.75) is 25.0 Å². The smallest absolute Gasteiger partial charge is 0.119 e. The molecule has 5 heteroatoms. The molecule has 5 N–H and O–H groups in total. The first kappa shape index (κ1) is 14.4. The Morgan fingerprint density at radius 3 is 2.48 bits per heavy atom. The van der Waals surface area contributed by atoms with Gasteiger partial charge in [-0.2, -0.15) is 0 Å². The van der Waals surface area contributed by atoms with Gasteiger partial charge >= 0.3 is 0 Å². The molecule has 0 saturated heterocycles. The molecule has 1 saturated carbocycles. The first-order valence-corrected chi connectivity index (χ1v) is 7.74. The number of nitrogens with two attached hydrogens (primary N) is 2. The van der Waals surface area contributed by atoms with Crippen LogP contribution in [-0.2, 0) is 0 Å². The first-order valence-electron chi connectivity index (χ1n) is 6.95. The highest BCUT2D eigenvalue weighted by atomic mass is 79.9. The number of ether oxygens (including phenoxy) is 1. The van der Waals surface area contributed by atoms with Gasteiger partial charge in [0.05, 0.1) is 12.1 Å². The average molecular weight is 348 g/mol. The van der Waals surface area contributed by atoms with Gasteiger partial charge in [0.1, 0.15) is 5.75 Å². The molecule has 2 aromatic carbocycles. The maximum absolute atomic E-state index is 6.07. The molecule has 0 aliphatic heterocycles. The molecule has 0 aromatic heterocycles. The van der Waals surface area contributed by atoms with Gasteiger partial charge in [0.25, 0.3) is 0 Å². The molecule has 0 bridgehead atoms. The second-order valence-electron chi connectivity index (χ2n) is 5.26. The fourth-order valence-corrected chi connectivity index (χ4v) is 2.66. The van der Waals surface area contributed by atoms with Crippen LogP contribution in [0.25, 0.3) is 0 Å². The van der Waals surface area contributed by atoms with Crippen molar-refractivity contribution in [1.82, 2.24) is 5.43 Å². The van der Waals surface area contributed by atoms with E-state index in [0.29, 0.717) is 11.8 Å². The molecule has 1 atom stereocenters. The lowest BCUT2D eigenvalue weighted by atomic mass is 9.98. The minimum Gasteiger partial charge on any atom is -0.490 e. The summed E-state index contributed by atoms with van der Waals surface area (Å²) in [6, 6.07) is 13.6. The average Bonchev–Trinajstić information content (AvgIpc) is 3.29. The van der Waals surface area contributed by atoms with Crippen molar-refractivity contribution in [1.29, 1.82) is 0 Å². The van der Waals surface area contributed by atoms with Crippen molar-refractivity contribution >= 4 is 21.6 Å². The minimum atomic E-state index is -0.155. The summed E-state index contributed by atoms with van der Waals surface area (Å²) >= 11 is 3.47. The lowest BCUT2D eigenvalue weighted by molar-refractivity contribution is 0.303. The number of nitrogens with one attached hydrogen (secondary N) is 1. The molecule has 0 heterocycles. The second-order valence-corrected chi connectivity index (χ2v) is 6.17. The van der Waals surface area contributed by atoms with Crippen LogP contribution in [0.4, 0.5) is 5.69 Å². The third-order valence-electron chi connectivity index (χ3n) is 3.57. The van der Waals surface area contributed by atoms with E-state index in [2.05, 4.69) is 21.4 Å². The molecular formula is C16H18BrN3O. The van der Waals surface area contributed by atoms with E-state index in [9.17, 15) is 0 Å². The molecule has 3 rings (SSSR count). The number of rotatable bonds is 5. The van der Waals surface area contributed by atoms with Crippen LogP contribution in [0.15, 0.2) is 46.9 Å². The Labute approximate surface area is 132 Å². The molecule has 1 unspecified atom stereocenters. The van der Waals surface area contributed by atoms with E-state index in [4.69, 9.17) is 16.3 Å². The molecule has 2 aromatic rings. The Morgan fingerprint density at radius 2 is 1.86 bits per heavy atom. The summed E-state index contributed by atoms with van der Waals surface area (Å²) in [7, 11) is 0. The lowest BCUT2D eigenvalue weighted by Gasteiger charge is -2.19. The topological polar surface area (TPSA) is 73.3 Å². The standard InChI is InChI=1S/C16H18BrN3O/c17-11-3-8-15(18)14(9-11)16(20-19)10-1-4-12(5-2-10)21-13-6-7-13/h1-5,8-9,13,16,20H,6-7,18-19H2. The van der Waals surface area contributed by atoms with Crippen LogP contribution in [-0.4, -0.2) is 6.10 Å². The SMILES string of the molecule is NNC(c1ccc(OC2CC2)cc1)c1cc(Br)ccc1N. The van der Waals surface area contributed by atoms with Crippen LogP contribution in [0, 0.1) is 0 Å². The largest absolute Gasteiger partial charge is 0.490 e. The van der Waals surface area contributed by atoms with Gasteiger partial charge in [-0.3, -0.25) is 5.84 Å². The van der Waals surface area contributed by atoms with Crippen LogP contribution in [0.3, 0.4) is 0 Å². The molecule has 21 heavy (non-hydrogen) atoms. The Balaban J connectivity index is 1.86. The van der Waals surface area contributed by atoms with E-state index in [-0.39, 0.29) is 6.04 Å². The van der Waals surface area contributed by atoms with E-state index in [1.165, 1.54) is 0 Å². The lowest BCUT2D eigenvalue weighted by Crippen LogP contribution is -2.29. The van der Waals surface area contributed by atoms with E-state index in [1.54, 1.807) is 0 Å². The normalized spacial score (nSPS) is 15.7. The Kier molecular flexibility index (Phi) is 4.14. The molecule has 1 aliphatic carbocycles. The van der Waals surface area contributed by atoms with Gasteiger partial charge in [-0.15, -0.1) is 0 Å². The summed E-state index contributed by atoms with van der Waals surface area (Å²) < 4.78 is 6.73. The van der Waals surface area contributed by atoms with Crippen LogP contribution in [0.2, 0.25) is 0 Å². The Hall–Kier alpha value is -1.56. The van der Waals surface area contributed by atoms with Gasteiger partial charge in [-0.25, -0.2) is 5.43 Å². The van der Waals surface area contributed by atoms with Crippen molar-refractivity contribution in [2.24, 2.45) is 5.84 Å².